The third-order valence-corrected chi connectivity index (χ3v) is 6.10. The van der Waals surface area contributed by atoms with Crippen molar-refractivity contribution in [3.8, 4) is 0 Å². The van der Waals surface area contributed by atoms with Crippen LogP contribution in [0.5, 0.6) is 0 Å². The van der Waals surface area contributed by atoms with Crippen LogP contribution in [0.2, 0.25) is 0 Å². The van der Waals surface area contributed by atoms with E-state index in [0.29, 0.717) is 4.70 Å². The SMILES string of the molecule is CCOC(=O)Cn1c(=NC(=O)c2cccc(S(C)(=O)=O)c2)sc2cccc(F)c21. The molecule has 0 aliphatic carbocycles. The summed E-state index contributed by atoms with van der Waals surface area (Å²) in [6, 6.07) is 9.90. The Hall–Kier alpha value is -2.85. The van der Waals surface area contributed by atoms with Gasteiger partial charge in [-0.05, 0) is 37.3 Å². The van der Waals surface area contributed by atoms with Gasteiger partial charge < -0.3 is 9.30 Å². The molecule has 0 unspecified atom stereocenters. The predicted octanol–water partition coefficient (Wildman–Crippen LogP) is 2.55. The lowest BCUT2D eigenvalue weighted by molar-refractivity contribution is -0.143. The summed E-state index contributed by atoms with van der Waals surface area (Å²) in [6.07, 6.45) is 1.04. The molecule has 0 aliphatic rings. The highest BCUT2D eigenvalue weighted by molar-refractivity contribution is 7.90. The molecule has 3 aromatic rings. The maximum Gasteiger partial charge on any atom is 0.326 e. The number of hydrogen-bond donors (Lipinski definition) is 0. The van der Waals surface area contributed by atoms with Crippen LogP contribution >= 0.6 is 11.3 Å². The molecule has 0 spiro atoms. The van der Waals surface area contributed by atoms with Gasteiger partial charge in [0.15, 0.2) is 14.6 Å². The molecule has 0 saturated carbocycles. The third-order valence-electron chi connectivity index (χ3n) is 3.95. The summed E-state index contributed by atoms with van der Waals surface area (Å²) < 4.78 is 44.5. The largest absolute Gasteiger partial charge is 0.465 e. The third kappa shape index (κ3) is 4.60. The summed E-state index contributed by atoms with van der Waals surface area (Å²) in [5.74, 6) is -1.86. The van der Waals surface area contributed by atoms with Crippen molar-refractivity contribution >= 4 is 43.3 Å². The van der Waals surface area contributed by atoms with Crippen LogP contribution < -0.4 is 4.80 Å². The number of aromatic nitrogens is 1. The van der Waals surface area contributed by atoms with Crippen LogP contribution in [0.3, 0.4) is 0 Å². The van der Waals surface area contributed by atoms with Crippen molar-refractivity contribution in [3.63, 3.8) is 0 Å². The number of nitrogens with zero attached hydrogens (tertiary/aromatic N) is 2. The second kappa shape index (κ2) is 8.26. The molecule has 0 saturated heterocycles. The quantitative estimate of drug-likeness (QED) is 0.573. The van der Waals surface area contributed by atoms with Crippen LogP contribution in [0, 0.1) is 5.82 Å². The van der Waals surface area contributed by atoms with Crippen molar-refractivity contribution in [2.24, 2.45) is 4.99 Å². The summed E-state index contributed by atoms with van der Waals surface area (Å²) in [5.41, 5.74) is 0.204. The van der Waals surface area contributed by atoms with E-state index in [-0.39, 0.29) is 33.9 Å². The highest BCUT2D eigenvalue weighted by Crippen LogP contribution is 2.21. The monoisotopic (exact) mass is 436 g/mol. The van der Waals surface area contributed by atoms with Gasteiger partial charge in [-0.1, -0.05) is 23.5 Å². The van der Waals surface area contributed by atoms with Crippen LogP contribution in [0.1, 0.15) is 17.3 Å². The minimum Gasteiger partial charge on any atom is -0.465 e. The molecular weight excluding hydrogens is 419 g/mol. The summed E-state index contributed by atoms with van der Waals surface area (Å²) in [5, 5.41) is 0. The molecule has 1 heterocycles. The maximum atomic E-state index is 14.4. The predicted molar refractivity (Wildman–Crippen MR) is 106 cm³/mol. The summed E-state index contributed by atoms with van der Waals surface area (Å²) in [7, 11) is -3.50. The van der Waals surface area contributed by atoms with Gasteiger partial charge in [-0.25, -0.2) is 12.8 Å². The Bertz CT molecular complexity index is 1280. The number of carbonyl (C=O) groups excluding carboxylic acids is 2. The van der Waals surface area contributed by atoms with E-state index in [1.165, 1.54) is 41.0 Å². The standard InChI is InChI=1S/C19H17FN2O5S2/c1-3-27-16(23)11-22-17-14(20)8-5-9-15(17)28-19(22)21-18(24)12-6-4-7-13(10-12)29(2,25)26/h4-10H,3,11H2,1-2H3. The lowest BCUT2D eigenvalue weighted by Crippen LogP contribution is -2.23. The molecule has 0 bridgehead atoms. The van der Waals surface area contributed by atoms with E-state index in [4.69, 9.17) is 4.74 Å². The minimum atomic E-state index is -3.50. The number of hydrogen-bond acceptors (Lipinski definition) is 6. The van der Waals surface area contributed by atoms with E-state index in [1.807, 2.05) is 0 Å². The van der Waals surface area contributed by atoms with E-state index < -0.39 is 27.5 Å². The molecule has 7 nitrogen and oxygen atoms in total. The zero-order valence-corrected chi connectivity index (χ0v) is 17.2. The second-order valence-corrected chi connectivity index (χ2v) is 9.10. The van der Waals surface area contributed by atoms with Gasteiger partial charge in [0.05, 0.1) is 21.7 Å². The Morgan fingerprint density at radius 2 is 1.93 bits per heavy atom. The number of rotatable bonds is 5. The molecule has 10 heteroatoms. The van der Waals surface area contributed by atoms with E-state index in [9.17, 15) is 22.4 Å². The van der Waals surface area contributed by atoms with E-state index in [0.717, 1.165) is 17.6 Å². The van der Waals surface area contributed by atoms with Gasteiger partial charge in [0.1, 0.15) is 12.4 Å². The van der Waals surface area contributed by atoms with Crippen molar-refractivity contribution in [1.29, 1.82) is 0 Å². The number of para-hydroxylation sites is 1. The molecule has 0 radical (unpaired) electrons. The van der Waals surface area contributed by atoms with Gasteiger partial charge in [-0.3, -0.25) is 9.59 Å². The van der Waals surface area contributed by atoms with Crippen molar-refractivity contribution in [2.75, 3.05) is 12.9 Å². The number of halogens is 1. The Morgan fingerprint density at radius 3 is 2.62 bits per heavy atom. The fourth-order valence-electron chi connectivity index (χ4n) is 2.67. The zero-order chi connectivity index (χ0) is 21.2. The fourth-order valence-corrected chi connectivity index (χ4v) is 4.37. The van der Waals surface area contributed by atoms with Gasteiger partial charge in [-0.15, -0.1) is 0 Å². The van der Waals surface area contributed by atoms with Crippen LogP contribution in [0.25, 0.3) is 10.2 Å². The van der Waals surface area contributed by atoms with Crippen molar-refractivity contribution in [2.45, 2.75) is 18.4 Å². The molecule has 152 valence electrons. The summed E-state index contributed by atoms with van der Waals surface area (Å²) in [4.78, 5) is 28.7. The number of esters is 1. The molecular formula is C19H17FN2O5S2. The lowest BCUT2D eigenvalue weighted by Gasteiger charge is -2.05. The first-order valence-electron chi connectivity index (χ1n) is 8.53. The maximum absolute atomic E-state index is 14.4. The van der Waals surface area contributed by atoms with Crippen molar-refractivity contribution in [3.05, 3.63) is 58.6 Å². The molecule has 3 rings (SSSR count). The highest BCUT2D eigenvalue weighted by atomic mass is 32.2. The average molecular weight is 436 g/mol. The topological polar surface area (TPSA) is 94.8 Å². The first-order valence-corrected chi connectivity index (χ1v) is 11.2. The Morgan fingerprint density at radius 1 is 1.21 bits per heavy atom. The number of ether oxygens (including phenoxy) is 1. The highest BCUT2D eigenvalue weighted by Gasteiger charge is 2.16. The molecule has 2 aromatic carbocycles. The van der Waals surface area contributed by atoms with Crippen molar-refractivity contribution < 1.29 is 27.1 Å². The summed E-state index contributed by atoms with van der Waals surface area (Å²) >= 11 is 1.04. The van der Waals surface area contributed by atoms with Crippen LogP contribution in [-0.4, -0.2) is 37.7 Å². The Kier molecular flexibility index (Phi) is 5.94. The number of thiazole rings is 1. The first-order chi connectivity index (χ1) is 13.7. The zero-order valence-electron chi connectivity index (χ0n) is 15.6. The van der Waals surface area contributed by atoms with E-state index in [2.05, 4.69) is 4.99 Å². The average Bonchev–Trinajstić information content (AvgIpc) is 2.99. The number of fused-ring (bicyclic) bond motifs is 1. The van der Waals surface area contributed by atoms with E-state index in [1.54, 1.807) is 13.0 Å². The van der Waals surface area contributed by atoms with E-state index >= 15 is 0 Å². The van der Waals surface area contributed by atoms with Crippen LogP contribution in [0.4, 0.5) is 4.39 Å². The molecule has 0 fully saturated rings. The summed E-state index contributed by atoms with van der Waals surface area (Å²) in [6.45, 7) is 1.50. The number of carbonyl (C=O) groups is 2. The molecule has 1 aromatic heterocycles. The normalized spacial score (nSPS) is 12.3. The molecule has 29 heavy (non-hydrogen) atoms. The lowest BCUT2D eigenvalue weighted by atomic mass is 10.2. The fraction of sp³-hybridized carbons (Fsp3) is 0.211. The van der Waals surface area contributed by atoms with Gasteiger partial charge in [-0.2, -0.15) is 4.99 Å². The van der Waals surface area contributed by atoms with Crippen molar-refractivity contribution in [1.82, 2.24) is 4.57 Å². The Labute approximate surface area is 170 Å². The molecule has 0 aliphatic heterocycles. The van der Waals surface area contributed by atoms with Gasteiger partial charge in [0.25, 0.3) is 5.91 Å². The van der Waals surface area contributed by atoms with Gasteiger partial charge in [0, 0.05) is 11.8 Å². The van der Waals surface area contributed by atoms with Crippen LogP contribution in [0.15, 0.2) is 52.4 Å². The number of sulfone groups is 1. The van der Waals surface area contributed by atoms with Gasteiger partial charge >= 0.3 is 5.97 Å². The second-order valence-electron chi connectivity index (χ2n) is 6.08. The smallest absolute Gasteiger partial charge is 0.326 e. The molecule has 0 N–H and O–H groups in total. The molecule has 0 atom stereocenters. The minimum absolute atomic E-state index is 0.0136. The number of benzene rings is 2. The first kappa shape index (κ1) is 20.9. The van der Waals surface area contributed by atoms with Gasteiger partial charge in [0.2, 0.25) is 0 Å². The molecule has 1 amide bonds. The number of amides is 1. The Balaban J connectivity index is 2.13. The van der Waals surface area contributed by atoms with Crippen LogP contribution in [-0.2, 0) is 25.9 Å².